The van der Waals surface area contributed by atoms with E-state index in [0.29, 0.717) is 6.04 Å². The highest BCUT2D eigenvalue weighted by Gasteiger charge is 2.25. The lowest BCUT2D eigenvalue weighted by atomic mass is 9.93. The van der Waals surface area contributed by atoms with Gasteiger partial charge in [0.1, 0.15) is 0 Å². The molecule has 1 aromatic carbocycles. The average molecular weight is 339 g/mol. The molecule has 0 atom stereocenters. The summed E-state index contributed by atoms with van der Waals surface area (Å²) in [4.78, 5) is 0. The number of aryl methyl sites for hydroxylation is 2. The van der Waals surface area contributed by atoms with Crippen LogP contribution in [-0.2, 0) is 12.6 Å². The highest BCUT2D eigenvalue weighted by molar-refractivity contribution is 5.92. The van der Waals surface area contributed by atoms with Crippen LogP contribution in [0.3, 0.4) is 0 Å². The molecule has 6 heteroatoms. The van der Waals surface area contributed by atoms with Crippen molar-refractivity contribution in [2.45, 2.75) is 51.7 Å². The summed E-state index contributed by atoms with van der Waals surface area (Å²) in [6.45, 7) is 5.60. The minimum absolute atomic E-state index is 0.473. The zero-order chi connectivity index (χ0) is 17.8. The summed E-state index contributed by atoms with van der Waals surface area (Å²) in [6, 6.07) is 6.60. The molecule has 3 aromatic rings. The number of hydrogen-bond donors (Lipinski definition) is 2. The van der Waals surface area contributed by atoms with Crippen LogP contribution in [-0.4, -0.2) is 24.7 Å². The van der Waals surface area contributed by atoms with Gasteiger partial charge in [-0.05, 0) is 57.7 Å². The lowest BCUT2D eigenvalue weighted by molar-refractivity contribution is 0.0787. The van der Waals surface area contributed by atoms with E-state index in [9.17, 15) is 5.11 Å². The van der Waals surface area contributed by atoms with Gasteiger partial charge in [-0.3, -0.25) is 9.36 Å². The van der Waals surface area contributed by atoms with Crippen LogP contribution in [0.2, 0.25) is 0 Å². The molecule has 0 radical (unpaired) electrons. The Morgan fingerprint density at radius 2 is 2.00 bits per heavy atom. The predicted molar refractivity (Wildman–Crippen MR) is 99.1 cm³/mol. The second-order valence-corrected chi connectivity index (χ2v) is 7.60. The standard InChI is InChI=1S/C19H25N5O/c1-12-16(11-23(4)21-12)20-18-15-10-13(19(2,3)25)8-9-17(15)24(22-18)14-6-5-7-14/h8-11,14,25H,5-7H2,1-4H3,(H,20,22). The largest absolute Gasteiger partial charge is 0.386 e. The molecule has 1 aliphatic carbocycles. The van der Waals surface area contributed by atoms with E-state index in [1.165, 1.54) is 19.3 Å². The first-order valence-corrected chi connectivity index (χ1v) is 8.85. The van der Waals surface area contributed by atoms with Crippen molar-refractivity contribution < 1.29 is 5.11 Å². The monoisotopic (exact) mass is 339 g/mol. The Labute approximate surface area is 147 Å². The Balaban J connectivity index is 1.84. The summed E-state index contributed by atoms with van der Waals surface area (Å²) in [5.74, 6) is 0.823. The number of anilines is 2. The molecule has 2 N–H and O–H groups in total. The zero-order valence-corrected chi connectivity index (χ0v) is 15.2. The quantitative estimate of drug-likeness (QED) is 0.759. The fourth-order valence-electron chi connectivity index (χ4n) is 3.37. The van der Waals surface area contributed by atoms with Crippen LogP contribution in [0.25, 0.3) is 10.9 Å². The molecule has 132 valence electrons. The maximum absolute atomic E-state index is 10.4. The molecule has 0 aliphatic heterocycles. The molecule has 0 spiro atoms. The first-order chi connectivity index (χ1) is 11.8. The zero-order valence-electron chi connectivity index (χ0n) is 15.2. The van der Waals surface area contributed by atoms with Crippen molar-refractivity contribution >= 4 is 22.4 Å². The van der Waals surface area contributed by atoms with Crippen LogP contribution in [0.1, 0.15) is 50.4 Å². The van der Waals surface area contributed by atoms with Gasteiger partial charge in [0.2, 0.25) is 0 Å². The molecular formula is C19H25N5O. The predicted octanol–water partition coefficient (Wildman–Crippen LogP) is 3.77. The Morgan fingerprint density at radius 1 is 1.24 bits per heavy atom. The molecule has 1 saturated carbocycles. The molecule has 0 saturated heterocycles. The Morgan fingerprint density at radius 3 is 2.56 bits per heavy atom. The summed E-state index contributed by atoms with van der Waals surface area (Å²) in [6.07, 6.45) is 5.58. The van der Waals surface area contributed by atoms with Gasteiger partial charge in [-0.2, -0.15) is 10.2 Å². The average Bonchev–Trinajstić information content (AvgIpc) is 2.97. The van der Waals surface area contributed by atoms with Crippen molar-refractivity contribution in [2.75, 3.05) is 5.32 Å². The lowest BCUT2D eigenvalue weighted by Gasteiger charge is -2.26. The number of nitrogens with zero attached hydrogens (tertiary/aromatic N) is 4. The fraction of sp³-hybridized carbons (Fsp3) is 0.474. The van der Waals surface area contributed by atoms with Crippen molar-refractivity contribution in [3.05, 3.63) is 35.7 Å². The van der Waals surface area contributed by atoms with Crippen molar-refractivity contribution in [1.29, 1.82) is 0 Å². The van der Waals surface area contributed by atoms with E-state index >= 15 is 0 Å². The SMILES string of the molecule is Cc1nn(C)cc1Nc1nn(C2CCC2)c2ccc(C(C)(C)O)cc12. The van der Waals surface area contributed by atoms with Gasteiger partial charge in [0, 0.05) is 18.6 Å². The van der Waals surface area contributed by atoms with E-state index in [1.807, 2.05) is 46.1 Å². The minimum atomic E-state index is -0.881. The molecule has 0 unspecified atom stereocenters. The van der Waals surface area contributed by atoms with Gasteiger partial charge in [0.15, 0.2) is 5.82 Å². The van der Waals surface area contributed by atoms with Gasteiger partial charge >= 0.3 is 0 Å². The second kappa shape index (κ2) is 5.59. The van der Waals surface area contributed by atoms with Crippen LogP contribution in [0.5, 0.6) is 0 Å². The van der Waals surface area contributed by atoms with E-state index in [-0.39, 0.29) is 0 Å². The van der Waals surface area contributed by atoms with Crippen LogP contribution < -0.4 is 5.32 Å². The molecule has 1 fully saturated rings. The summed E-state index contributed by atoms with van der Waals surface area (Å²) < 4.78 is 3.94. The number of benzene rings is 1. The Bertz CT molecular complexity index is 927. The van der Waals surface area contributed by atoms with E-state index in [1.54, 1.807) is 4.68 Å². The Kier molecular flexibility index (Phi) is 3.61. The van der Waals surface area contributed by atoms with E-state index < -0.39 is 5.60 Å². The summed E-state index contributed by atoms with van der Waals surface area (Å²) in [5, 5.41) is 24.1. The van der Waals surface area contributed by atoms with E-state index in [4.69, 9.17) is 5.10 Å². The second-order valence-electron chi connectivity index (χ2n) is 7.60. The van der Waals surface area contributed by atoms with Gasteiger partial charge in [0.05, 0.1) is 28.5 Å². The summed E-state index contributed by atoms with van der Waals surface area (Å²) in [7, 11) is 1.91. The smallest absolute Gasteiger partial charge is 0.160 e. The Hall–Kier alpha value is -2.34. The third kappa shape index (κ3) is 2.80. The van der Waals surface area contributed by atoms with Crippen molar-refractivity contribution in [3.8, 4) is 0 Å². The van der Waals surface area contributed by atoms with Gasteiger partial charge in [0.25, 0.3) is 0 Å². The third-order valence-corrected chi connectivity index (χ3v) is 5.10. The van der Waals surface area contributed by atoms with Crippen LogP contribution in [0.4, 0.5) is 11.5 Å². The fourth-order valence-corrected chi connectivity index (χ4v) is 3.37. The molecule has 6 nitrogen and oxygen atoms in total. The minimum Gasteiger partial charge on any atom is -0.386 e. The molecule has 2 aromatic heterocycles. The molecule has 1 aliphatic rings. The third-order valence-electron chi connectivity index (χ3n) is 5.10. The highest BCUT2D eigenvalue weighted by atomic mass is 16.3. The topological polar surface area (TPSA) is 67.9 Å². The van der Waals surface area contributed by atoms with Gasteiger partial charge in [-0.1, -0.05) is 6.07 Å². The van der Waals surface area contributed by atoms with Crippen LogP contribution in [0.15, 0.2) is 24.4 Å². The summed E-state index contributed by atoms with van der Waals surface area (Å²) >= 11 is 0. The highest BCUT2D eigenvalue weighted by Crippen LogP contribution is 2.38. The molecular weight excluding hydrogens is 314 g/mol. The van der Waals surface area contributed by atoms with Gasteiger partial charge < -0.3 is 10.4 Å². The normalized spacial score (nSPS) is 15.6. The first-order valence-electron chi connectivity index (χ1n) is 8.85. The molecule has 4 rings (SSSR count). The van der Waals surface area contributed by atoms with Gasteiger partial charge in [-0.25, -0.2) is 0 Å². The number of fused-ring (bicyclic) bond motifs is 1. The number of rotatable bonds is 4. The number of aromatic nitrogens is 4. The molecule has 0 amide bonds. The summed E-state index contributed by atoms with van der Waals surface area (Å²) in [5.41, 5.74) is 3.01. The molecule has 2 heterocycles. The van der Waals surface area contributed by atoms with Crippen molar-refractivity contribution in [3.63, 3.8) is 0 Å². The molecule has 25 heavy (non-hydrogen) atoms. The van der Waals surface area contributed by atoms with E-state index in [0.717, 1.165) is 33.7 Å². The van der Waals surface area contributed by atoms with E-state index in [2.05, 4.69) is 21.2 Å². The van der Waals surface area contributed by atoms with Crippen molar-refractivity contribution in [2.24, 2.45) is 7.05 Å². The van der Waals surface area contributed by atoms with Crippen molar-refractivity contribution in [1.82, 2.24) is 19.6 Å². The van der Waals surface area contributed by atoms with Gasteiger partial charge in [-0.15, -0.1) is 0 Å². The maximum atomic E-state index is 10.4. The number of nitrogens with one attached hydrogen (secondary N) is 1. The maximum Gasteiger partial charge on any atom is 0.160 e. The molecule has 0 bridgehead atoms. The first kappa shape index (κ1) is 16.1. The van der Waals surface area contributed by atoms with Crippen LogP contribution >= 0.6 is 0 Å². The number of aliphatic hydroxyl groups is 1. The number of hydrogen-bond acceptors (Lipinski definition) is 4. The van der Waals surface area contributed by atoms with Crippen LogP contribution in [0, 0.1) is 6.92 Å². The lowest BCUT2D eigenvalue weighted by Crippen LogP contribution is -2.18.